The van der Waals surface area contributed by atoms with Crippen LogP contribution in [0.1, 0.15) is 30.9 Å². The third-order valence-corrected chi connectivity index (χ3v) is 4.27. The molecule has 1 aromatic carbocycles. The number of nitrogens with zero attached hydrogens (tertiary/aromatic N) is 1. The second kappa shape index (κ2) is 6.99. The van der Waals surface area contributed by atoms with Gasteiger partial charge in [0, 0.05) is 37.8 Å². The Morgan fingerprint density at radius 2 is 1.76 bits per heavy atom. The highest BCUT2D eigenvalue weighted by Crippen LogP contribution is 2.41. The summed E-state index contributed by atoms with van der Waals surface area (Å²) in [4.78, 5) is 2.19. The molecule has 2 fully saturated rings. The van der Waals surface area contributed by atoms with Crippen LogP contribution in [0.2, 0.25) is 0 Å². The fraction of sp³-hybridized carbons (Fsp3) is 0.600. The van der Waals surface area contributed by atoms with Crippen LogP contribution < -0.4 is 5.32 Å². The summed E-state index contributed by atoms with van der Waals surface area (Å²) < 4.78 is 40.7. The highest BCUT2D eigenvalue weighted by molar-refractivity contribution is 5.85. The number of rotatable bonds is 4. The molecule has 1 aromatic rings. The number of nitrogens with one attached hydrogen (secondary N) is 1. The summed E-state index contributed by atoms with van der Waals surface area (Å²) >= 11 is 0. The Kier molecular flexibility index (Phi) is 5.52. The van der Waals surface area contributed by atoms with Crippen molar-refractivity contribution in [2.24, 2.45) is 5.92 Å². The molecule has 1 aliphatic heterocycles. The summed E-state index contributed by atoms with van der Waals surface area (Å²) in [7, 11) is 0. The van der Waals surface area contributed by atoms with Gasteiger partial charge in [-0.1, -0.05) is 18.9 Å². The molecular weight excluding hydrogens is 301 g/mol. The van der Waals surface area contributed by atoms with Crippen molar-refractivity contribution in [3.8, 4) is 0 Å². The maximum absolute atomic E-state index is 14.1. The van der Waals surface area contributed by atoms with Crippen molar-refractivity contribution in [3.63, 3.8) is 0 Å². The number of benzene rings is 1. The number of piperazine rings is 1. The average molecular weight is 321 g/mol. The molecule has 0 aromatic heterocycles. The summed E-state index contributed by atoms with van der Waals surface area (Å²) in [6.07, 6.45) is 3.16. The van der Waals surface area contributed by atoms with E-state index in [0.717, 1.165) is 51.5 Å². The zero-order valence-electron chi connectivity index (χ0n) is 11.7. The van der Waals surface area contributed by atoms with E-state index in [9.17, 15) is 13.2 Å². The van der Waals surface area contributed by atoms with E-state index in [4.69, 9.17) is 0 Å². The highest BCUT2D eigenvalue weighted by atomic mass is 35.5. The average Bonchev–Trinajstić information content (AvgIpc) is 3.28. The van der Waals surface area contributed by atoms with Gasteiger partial charge in [-0.2, -0.15) is 0 Å². The Morgan fingerprint density at radius 1 is 1.10 bits per heavy atom. The second-order valence-corrected chi connectivity index (χ2v) is 5.75. The zero-order valence-corrected chi connectivity index (χ0v) is 12.6. The maximum Gasteiger partial charge on any atom is 0.194 e. The molecule has 0 bridgehead atoms. The molecule has 1 saturated heterocycles. The van der Waals surface area contributed by atoms with Gasteiger partial charge in [0.1, 0.15) is 0 Å². The van der Waals surface area contributed by atoms with E-state index in [2.05, 4.69) is 10.2 Å². The minimum absolute atomic E-state index is 0. The minimum atomic E-state index is -1.35. The van der Waals surface area contributed by atoms with E-state index in [-0.39, 0.29) is 18.4 Å². The minimum Gasteiger partial charge on any atom is -0.314 e. The molecule has 1 saturated carbocycles. The van der Waals surface area contributed by atoms with Gasteiger partial charge in [0.05, 0.1) is 0 Å². The smallest absolute Gasteiger partial charge is 0.194 e. The predicted molar refractivity (Wildman–Crippen MR) is 78.1 cm³/mol. The quantitative estimate of drug-likeness (QED) is 0.857. The molecule has 0 amide bonds. The van der Waals surface area contributed by atoms with Gasteiger partial charge in [-0.05, 0) is 18.4 Å². The van der Waals surface area contributed by atoms with Crippen molar-refractivity contribution in [1.82, 2.24) is 10.2 Å². The summed E-state index contributed by atoms with van der Waals surface area (Å²) in [6, 6.07) is 2.30. The normalized spacial score (nSPS) is 20.9. The molecule has 3 rings (SSSR count). The van der Waals surface area contributed by atoms with E-state index in [0.29, 0.717) is 11.5 Å². The van der Waals surface area contributed by atoms with Gasteiger partial charge in [0.2, 0.25) is 0 Å². The van der Waals surface area contributed by atoms with Gasteiger partial charge in [-0.15, -0.1) is 12.4 Å². The van der Waals surface area contributed by atoms with E-state index in [1.807, 2.05) is 0 Å². The monoisotopic (exact) mass is 320 g/mol. The molecule has 0 spiro atoms. The standard InChI is InChI=1S/C15H19F3N2.ClH/c16-12-4-3-11(14(17)15(12)18)13(9-10-1-2-10)20-7-5-19-6-8-20;/h3-4,10,13,19H,1-2,5-9H2;1H/t13-;/m0./s1. The van der Waals surface area contributed by atoms with Crippen LogP contribution in [0.15, 0.2) is 12.1 Å². The first-order valence-electron chi connectivity index (χ1n) is 7.25. The predicted octanol–water partition coefficient (Wildman–Crippen LogP) is 3.27. The third kappa shape index (κ3) is 3.71. The first-order chi connectivity index (χ1) is 9.66. The molecule has 2 aliphatic rings. The zero-order chi connectivity index (χ0) is 14.1. The first-order valence-corrected chi connectivity index (χ1v) is 7.25. The van der Waals surface area contributed by atoms with Crippen molar-refractivity contribution >= 4 is 12.4 Å². The molecule has 1 heterocycles. The van der Waals surface area contributed by atoms with Gasteiger partial charge in [0.15, 0.2) is 17.5 Å². The van der Waals surface area contributed by atoms with Crippen molar-refractivity contribution in [3.05, 3.63) is 35.1 Å². The second-order valence-electron chi connectivity index (χ2n) is 5.75. The van der Waals surface area contributed by atoms with Crippen LogP contribution in [0, 0.1) is 23.4 Å². The summed E-state index contributed by atoms with van der Waals surface area (Å²) in [5, 5.41) is 3.26. The third-order valence-electron chi connectivity index (χ3n) is 4.27. The summed E-state index contributed by atoms with van der Waals surface area (Å²) in [5.74, 6) is -2.88. The Morgan fingerprint density at radius 3 is 2.38 bits per heavy atom. The first kappa shape index (κ1) is 16.6. The number of hydrogen-bond donors (Lipinski definition) is 1. The van der Waals surface area contributed by atoms with Crippen molar-refractivity contribution in [2.45, 2.75) is 25.3 Å². The molecule has 118 valence electrons. The lowest BCUT2D eigenvalue weighted by Gasteiger charge is -2.35. The molecule has 0 radical (unpaired) electrons. The molecule has 21 heavy (non-hydrogen) atoms. The fourth-order valence-electron chi connectivity index (χ4n) is 2.93. The van der Waals surface area contributed by atoms with Crippen LogP contribution in [-0.4, -0.2) is 31.1 Å². The van der Waals surface area contributed by atoms with E-state index < -0.39 is 17.5 Å². The van der Waals surface area contributed by atoms with E-state index in [1.54, 1.807) is 0 Å². The van der Waals surface area contributed by atoms with Crippen LogP contribution >= 0.6 is 12.4 Å². The molecule has 0 unspecified atom stereocenters. The van der Waals surface area contributed by atoms with E-state index >= 15 is 0 Å². The lowest BCUT2D eigenvalue weighted by molar-refractivity contribution is 0.156. The maximum atomic E-state index is 14.1. The molecule has 6 heteroatoms. The van der Waals surface area contributed by atoms with Crippen LogP contribution in [0.5, 0.6) is 0 Å². The molecule has 2 nitrogen and oxygen atoms in total. The van der Waals surface area contributed by atoms with Crippen molar-refractivity contribution in [2.75, 3.05) is 26.2 Å². The highest BCUT2D eigenvalue weighted by Gasteiger charge is 2.32. The Labute approximate surface area is 129 Å². The van der Waals surface area contributed by atoms with Gasteiger partial charge < -0.3 is 5.32 Å². The van der Waals surface area contributed by atoms with Gasteiger partial charge in [0.25, 0.3) is 0 Å². The fourth-order valence-corrected chi connectivity index (χ4v) is 2.93. The van der Waals surface area contributed by atoms with Crippen LogP contribution in [-0.2, 0) is 0 Å². The molecule has 1 N–H and O–H groups in total. The Hall–Kier alpha value is -0.780. The van der Waals surface area contributed by atoms with Crippen LogP contribution in [0.25, 0.3) is 0 Å². The lowest BCUT2D eigenvalue weighted by Crippen LogP contribution is -2.45. The van der Waals surface area contributed by atoms with Crippen LogP contribution in [0.3, 0.4) is 0 Å². The topological polar surface area (TPSA) is 15.3 Å². The Balaban J connectivity index is 0.00000161. The summed E-state index contributed by atoms with van der Waals surface area (Å²) in [5.41, 5.74) is 0.303. The molecule has 1 aliphatic carbocycles. The molecule has 1 atom stereocenters. The van der Waals surface area contributed by atoms with E-state index in [1.165, 1.54) is 6.07 Å². The van der Waals surface area contributed by atoms with Crippen molar-refractivity contribution < 1.29 is 13.2 Å². The van der Waals surface area contributed by atoms with Crippen molar-refractivity contribution in [1.29, 1.82) is 0 Å². The lowest BCUT2D eigenvalue weighted by atomic mass is 9.98. The van der Waals surface area contributed by atoms with Gasteiger partial charge in [-0.3, -0.25) is 4.90 Å². The summed E-state index contributed by atoms with van der Waals surface area (Å²) in [6.45, 7) is 3.34. The van der Waals surface area contributed by atoms with Gasteiger partial charge >= 0.3 is 0 Å². The Bertz CT molecular complexity index is 488. The van der Waals surface area contributed by atoms with Crippen LogP contribution in [0.4, 0.5) is 13.2 Å². The molecular formula is C15H20ClF3N2. The van der Waals surface area contributed by atoms with Gasteiger partial charge in [-0.25, -0.2) is 13.2 Å². The SMILES string of the molecule is Cl.Fc1ccc([C@H](CC2CC2)N2CCNCC2)c(F)c1F. The number of halogens is 4. The largest absolute Gasteiger partial charge is 0.314 e. The number of hydrogen-bond acceptors (Lipinski definition) is 2.